The van der Waals surface area contributed by atoms with Crippen LogP contribution in [0.3, 0.4) is 0 Å². The van der Waals surface area contributed by atoms with Gasteiger partial charge in [0.25, 0.3) is 0 Å². The van der Waals surface area contributed by atoms with Crippen LogP contribution in [0.25, 0.3) is 6.08 Å². The predicted molar refractivity (Wildman–Crippen MR) is 48.9 cm³/mol. The second-order valence-corrected chi connectivity index (χ2v) is 2.76. The van der Waals surface area contributed by atoms with Crippen LogP contribution in [-0.2, 0) is 4.79 Å². The van der Waals surface area contributed by atoms with Gasteiger partial charge in [-0.25, -0.2) is 4.39 Å². The van der Waals surface area contributed by atoms with Gasteiger partial charge in [-0.1, -0.05) is 17.7 Å². The molecule has 0 aliphatic carbocycles. The van der Waals surface area contributed by atoms with Crippen molar-refractivity contribution in [2.45, 2.75) is 6.42 Å². The zero-order chi connectivity index (χ0) is 9.68. The molecule has 0 aliphatic rings. The van der Waals surface area contributed by atoms with Gasteiger partial charge in [0.1, 0.15) is 12.1 Å². The van der Waals surface area contributed by atoms with E-state index in [1.807, 2.05) is 0 Å². The number of rotatable bonds is 3. The maximum atomic E-state index is 13.0. The summed E-state index contributed by atoms with van der Waals surface area (Å²) in [6.45, 7) is 0. The van der Waals surface area contributed by atoms with E-state index in [0.717, 1.165) is 6.29 Å². The molecule has 1 heterocycles. The molecular formula is C9H7ClFNO. The Kier molecular flexibility index (Phi) is 3.58. The highest BCUT2D eigenvalue weighted by Crippen LogP contribution is 2.12. The standard InChI is InChI=1S/C9H7ClFNO/c10-7-5-8(11)9(12-6-7)3-1-2-4-13/h1,3-6H,2H2. The number of carbonyl (C=O) groups excluding carboxylic acids is 1. The molecule has 68 valence electrons. The minimum absolute atomic E-state index is 0.186. The number of hydrogen-bond acceptors (Lipinski definition) is 2. The van der Waals surface area contributed by atoms with Crippen LogP contribution in [0.2, 0.25) is 5.02 Å². The number of nitrogens with zero attached hydrogens (tertiary/aromatic N) is 1. The van der Waals surface area contributed by atoms with Crippen LogP contribution in [0.15, 0.2) is 18.3 Å². The Labute approximate surface area is 80.1 Å². The van der Waals surface area contributed by atoms with E-state index in [0.29, 0.717) is 0 Å². The van der Waals surface area contributed by atoms with E-state index in [2.05, 4.69) is 4.98 Å². The average molecular weight is 200 g/mol. The Morgan fingerprint density at radius 2 is 2.38 bits per heavy atom. The Balaban J connectivity index is 2.83. The molecule has 13 heavy (non-hydrogen) atoms. The van der Waals surface area contributed by atoms with Crippen molar-refractivity contribution in [3.63, 3.8) is 0 Å². The van der Waals surface area contributed by atoms with Crippen molar-refractivity contribution in [3.05, 3.63) is 34.9 Å². The number of aromatic nitrogens is 1. The summed E-state index contributed by atoms with van der Waals surface area (Å²) in [6, 6.07) is 1.18. The maximum Gasteiger partial charge on any atom is 0.150 e. The van der Waals surface area contributed by atoms with E-state index < -0.39 is 5.82 Å². The van der Waals surface area contributed by atoms with E-state index in [1.165, 1.54) is 24.4 Å². The molecule has 0 atom stereocenters. The van der Waals surface area contributed by atoms with Gasteiger partial charge in [-0.2, -0.15) is 0 Å². The lowest BCUT2D eigenvalue weighted by Gasteiger charge is -1.95. The van der Waals surface area contributed by atoms with Gasteiger partial charge in [0.05, 0.1) is 10.7 Å². The summed E-state index contributed by atoms with van der Waals surface area (Å²) in [5.74, 6) is -0.491. The van der Waals surface area contributed by atoms with Crippen molar-refractivity contribution in [1.29, 1.82) is 0 Å². The third-order valence-electron chi connectivity index (χ3n) is 1.34. The SMILES string of the molecule is O=CCC=Cc1ncc(Cl)cc1F. The molecule has 1 aromatic heterocycles. The molecule has 0 unspecified atom stereocenters. The largest absolute Gasteiger partial charge is 0.303 e. The highest BCUT2D eigenvalue weighted by atomic mass is 35.5. The molecule has 0 radical (unpaired) electrons. The molecule has 2 nitrogen and oxygen atoms in total. The molecule has 0 N–H and O–H groups in total. The van der Waals surface area contributed by atoms with Crippen LogP contribution < -0.4 is 0 Å². The summed E-state index contributed by atoms with van der Waals surface area (Å²) in [5.41, 5.74) is 0.186. The van der Waals surface area contributed by atoms with Crippen LogP contribution >= 0.6 is 11.6 Å². The maximum absolute atomic E-state index is 13.0. The number of carbonyl (C=O) groups is 1. The van der Waals surface area contributed by atoms with Gasteiger partial charge in [0.2, 0.25) is 0 Å². The number of aldehydes is 1. The molecule has 0 spiro atoms. The number of hydrogen-bond donors (Lipinski definition) is 0. The van der Waals surface area contributed by atoms with Crippen molar-refractivity contribution in [3.8, 4) is 0 Å². The first-order valence-corrected chi connectivity index (χ1v) is 4.03. The fraction of sp³-hybridized carbons (Fsp3) is 0.111. The first kappa shape index (κ1) is 9.86. The quantitative estimate of drug-likeness (QED) is 0.700. The van der Waals surface area contributed by atoms with E-state index in [4.69, 9.17) is 11.6 Å². The summed E-state index contributed by atoms with van der Waals surface area (Å²) >= 11 is 5.50. The Morgan fingerprint density at radius 1 is 1.62 bits per heavy atom. The van der Waals surface area contributed by atoms with Crippen molar-refractivity contribution < 1.29 is 9.18 Å². The molecule has 1 rings (SSSR count). The normalized spacial score (nSPS) is 10.6. The number of halogens is 2. The molecule has 0 aliphatic heterocycles. The van der Waals surface area contributed by atoms with Crippen LogP contribution in [0.4, 0.5) is 4.39 Å². The molecule has 4 heteroatoms. The minimum Gasteiger partial charge on any atom is -0.303 e. The lowest BCUT2D eigenvalue weighted by atomic mass is 10.3. The van der Waals surface area contributed by atoms with E-state index in [9.17, 15) is 9.18 Å². The van der Waals surface area contributed by atoms with Crippen molar-refractivity contribution in [1.82, 2.24) is 4.98 Å². The monoisotopic (exact) mass is 199 g/mol. The molecular weight excluding hydrogens is 193 g/mol. The van der Waals surface area contributed by atoms with Gasteiger partial charge in [0, 0.05) is 12.6 Å². The first-order valence-electron chi connectivity index (χ1n) is 3.65. The van der Waals surface area contributed by atoms with Crippen LogP contribution in [0.1, 0.15) is 12.1 Å². The fourth-order valence-corrected chi connectivity index (χ4v) is 0.928. The third kappa shape index (κ3) is 2.95. The molecule has 1 aromatic rings. The summed E-state index contributed by atoms with van der Waals surface area (Å²) in [5, 5.41) is 0.255. The minimum atomic E-state index is -0.491. The van der Waals surface area contributed by atoms with Gasteiger partial charge in [0.15, 0.2) is 0 Å². The second kappa shape index (κ2) is 4.72. The average Bonchev–Trinajstić information content (AvgIpc) is 2.09. The summed E-state index contributed by atoms with van der Waals surface area (Å²) in [7, 11) is 0. The number of allylic oxidation sites excluding steroid dienone is 1. The molecule has 0 saturated heterocycles. The smallest absolute Gasteiger partial charge is 0.150 e. The van der Waals surface area contributed by atoms with Gasteiger partial charge in [-0.3, -0.25) is 4.98 Å². The summed E-state index contributed by atoms with van der Waals surface area (Å²) in [4.78, 5) is 13.7. The van der Waals surface area contributed by atoms with Gasteiger partial charge in [-0.05, 0) is 12.1 Å². The lowest BCUT2D eigenvalue weighted by molar-refractivity contribution is -0.107. The highest BCUT2D eigenvalue weighted by Gasteiger charge is 1.99. The van der Waals surface area contributed by atoms with Crippen molar-refractivity contribution >= 4 is 24.0 Å². The van der Waals surface area contributed by atoms with Gasteiger partial charge < -0.3 is 4.79 Å². The van der Waals surface area contributed by atoms with Crippen molar-refractivity contribution in [2.24, 2.45) is 0 Å². The van der Waals surface area contributed by atoms with E-state index in [1.54, 1.807) is 0 Å². The van der Waals surface area contributed by atoms with E-state index >= 15 is 0 Å². The number of pyridine rings is 1. The topological polar surface area (TPSA) is 30.0 Å². The molecule has 0 fully saturated rings. The third-order valence-corrected chi connectivity index (χ3v) is 1.55. The van der Waals surface area contributed by atoms with Gasteiger partial charge in [-0.15, -0.1) is 0 Å². The molecule has 0 amide bonds. The second-order valence-electron chi connectivity index (χ2n) is 2.33. The highest BCUT2D eigenvalue weighted by molar-refractivity contribution is 6.30. The zero-order valence-electron chi connectivity index (χ0n) is 6.71. The van der Waals surface area contributed by atoms with Crippen molar-refractivity contribution in [2.75, 3.05) is 0 Å². The Bertz CT molecular complexity index is 338. The fourth-order valence-electron chi connectivity index (χ4n) is 0.783. The van der Waals surface area contributed by atoms with Crippen LogP contribution in [0.5, 0.6) is 0 Å². The Morgan fingerprint density at radius 3 is 3.00 bits per heavy atom. The first-order chi connectivity index (χ1) is 6.24. The molecule has 0 aromatic carbocycles. The predicted octanol–water partition coefficient (Wildman–Crippen LogP) is 2.48. The molecule has 0 bridgehead atoms. The molecule has 0 saturated carbocycles. The zero-order valence-corrected chi connectivity index (χ0v) is 7.46. The summed E-state index contributed by atoms with van der Waals surface area (Å²) in [6.07, 6.45) is 5.31. The van der Waals surface area contributed by atoms with Crippen LogP contribution in [0, 0.1) is 5.82 Å². The van der Waals surface area contributed by atoms with Gasteiger partial charge >= 0.3 is 0 Å². The lowest BCUT2D eigenvalue weighted by Crippen LogP contribution is -1.86. The van der Waals surface area contributed by atoms with Crippen LogP contribution in [-0.4, -0.2) is 11.3 Å². The van der Waals surface area contributed by atoms with E-state index in [-0.39, 0.29) is 17.1 Å². The summed E-state index contributed by atoms with van der Waals surface area (Å²) < 4.78 is 13.0. The Hall–Kier alpha value is -1.22.